The summed E-state index contributed by atoms with van der Waals surface area (Å²) in [7, 11) is 1.66. The summed E-state index contributed by atoms with van der Waals surface area (Å²) in [6, 6.07) is 5.97. The van der Waals surface area contributed by atoms with Crippen LogP contribution in [-0.4, -0.2) is 41.2 Å². The highest BCUT2D eigenvalue weighted by Gasteiger charge is 2.39. The van der Waals surface area contributed by atoms with Gasteiger partial charge in [0.2, 0.25) is 5.88 Å². The molecule has 20 heavy (non-hydrogen) atoms. The van der Waals surface area contributed by atoms with Crippen LogP contribution in [0, 0.1) is 0 Å². The van der Waals surface area contributed by atoms with Crippen LogP contribution in [0.3, 0.4) is 0 Å². The first kappa shape index (κ1) is 15.3. The number of ether oxygens (including phenoxy) is 1. The van der Waals surface area contributed by atoms with Crippen LogP contribution in [0.5, 0.6) is 5.88 Å². The average Bonchev–Trinajstić information content (AvgIpc) is 2.44. The SMILES string of the molecule is CCC1(C)CN(Cc2cccc(OC)n2)C(C)(C)CN1. The van der Waals surface area contributed by atoms with Gasteiger partial charge in [-0.15, -0.1) is 0 Å². The van der Waals surface area contributed by atoms with Gasteiger partial charge in [-0.2, -0.15) is 0 Å². The van der Waals surface area contributed by atoms with Crippen molar-refractivity contribution in [3.8, 4) is 5.88 Å². The van der Waals surface area contributed by atoms with E-state index in [2.05, 4.69) is 49.0 Å². The Balaban J connectivity index is 2.15. The van der Waals surface area contributed by atoms with Gasteiger partial charge in [0.15, 0.2) is 0 Å². The van der Waals surface area contributed by atoms with Gasteiger partial charge in [-0.1, -0.05) is 13.0 Å². The van der Waals surface area contributed by atoms with Gasteiger partial charge >= 0.3 is 0 Å². The lowest BCUT2D eigenvalue weighted by molar-refractivity contribution is 0.0235. The van der Waals surface area contributed by atoms with Gasteiger partial charge < -0.3 is 10.1 Å². The van der Waals surface area contributed by atoms with Gasteiger partial charge in [0.1, 0.15) is 0 Å². The fourth-order valence-electron chi connectivity index (χ4n) is 2.59. The van der Waals surface area contributed by atoms with Gasteiger partial charge in [-0.05, 0) is 33.3 Å². The summed E-state index contributed by atoms with van der Waals surface area (Å²) in [6.45, 7) is 12.0. The van der Waals surface area contributed by atoms with Crippen molar-refractivity contribution < 1.29 is 4.74 Å². The maximum Gasteiger partial charge on any atom is 0.213 e. The number of hydrogen-bond donors (Lipinski definition) is 1. The van der Waals surface area contributed by atoms with Crippen molar-refractivity contribution in [3.63, 3.8) is 0 Å². The highest BCUT2D eigenvalue weighted by Crippen LogP contribution is 2.27. The molecule has 1 aliphatic rings. The van der Waals surface area contributed by atoms with Gasteiger partial charge in [-0.25, -0.2) is 4.98 Å². The van der Waals surface area contributed by atoms with Crippen molar-refractivity contribution in [2.75, 3.05) is 20.2 Å². The largest absolute Gasteiger partial charge is 0.481 e. The van der Waals surface area contributed by atoms with Crippen LogP contribution in [0.1, 0.15) is 39.8 Å². The summed E-state index contributed by atoms with van der Waals surface area (Å²) in [6.07, 6.45) is 1.13. The van der Waals surface area contributed by atoms with Crippen molar-refractivity contribution in [3.05, 3.63) is 23.9 Å². The number of pyridine rings is 1. The molecule has 0 aromatic carbocycles. The second-order valence-electron chi connectivity index (χ2n) is 6.61. The van der Waals surface area contributed by atoms with E-state index in [-0.39, 0.29) is 11.1 Å². The lowest BCUT2D eigenvalue weighted by Crippen LogP contribution is -2.66. The molecule has 1 aromatic heterocycles. The quantitative estimate of drug-likeness (QED) is 0.917. The minimum absolute atomic E-state index is 0.138. The second-order valence-corrected chi connectivity index (χ2v) is 6.61. The van der Waals surface area contributed by atoms with Crippen LogP contribution in [-0.2, 0) is 6.54 Å². The maximum absolute atomic E-state index is 5.22. The third kappa shape index (κ3) is 3.30. The minimum atomic E-state index is 0.138. The summed E-state index contributed by atoms with van der Waals surface area (Å²) in [5.74, 6) is 0.689. The Morgan fingerprint density at radius 2 is 2.10 bits per heavy atom. The van der Waals surface area contributed by atoms with E-state index in [1.54, 1.807) is 7.11 Å². The van der Waals surface area contributed by atoms with Gasteiger partial charge in [-0.3, -0.25) is 4.90 Å². The van der Waals surface area contributed by atoms with E-state index >= 15 is 0 Å². The molecule has 4 nitrogen and oxygen atoms in total. The molecular formula is C16H27N3O. The average molecular weight is 277 g/mol. The molecule has 0 spiro atoms. The lowest BCUT2D eigenvalue weighted by atomic mass is 9.88. The van der Waals surface area contributed by atoms with Crippen LogP contribution in [0.25, 0.3) is 0 Å². The molecule has 4 heteroatoms. The molecule has 1 saturated heterocycles. The minimum Gasteiger partial charge on any atom is -0.481 e. The number of hydrogen-bond acceptors (Lipinski definition) is 4. The van der Waals surface area contributed by atoms with Crippen molar-refractivity contribution in [1.82, 2.24) is 15.2 Å². The number of aromatic nitrogens is 1. The predicted octanol–water partition coefficient (Wildman–Crippen LogP) is 2.44. The number of nitrogens with zero attached hydrogens (tertiary/aromatic N) is 2. The maximum atomic E-state index is 5.22. The number of nitrogens with one attached hydrogen (secondary N) is 1. The Hall–Kier alpha value is -1.13. The summed E-state index contributed by atoms with van der Waals surface area (Å²) in [5.41, 5.74) is 1.39. The molecule has 1 atom stereocenters. The standard InChI is InChI=1S/C16H27N3O/c1-6-16(4)12-19(15(2,3)11-17-16)10-13-8-7-9-14(18-13)20-5/h7-9,17H,6,10-12H2,1-5H3. The monoisotopic (exact) mass is 277 g/mol. The molecule has 0 bridgehead atoms. The summed E-state index contributed by atoms with van der Waals surface area (Å²) < 4.78 is 5.22. The molecule has 1 aliphatic heterocycles. The van der Waals surface area contributed by atoms with Crippen molar-refractivity contribution in [2.45, 2.75) is 51.7 Å². The fourth-order valence-corrected chi connectivity index (χ4v) is 2.59. The molecule has 2 rings (SSSR count). The van der Waals surface area contributed by atoms with E-state index in [1.807, 2.05) is 12.1 Å². The fraction of sp³-hybridized carbons (Fsp3) is 0.688. The highest BCUT2D eigenvalue weighted by molar-refractivity contribution is 5.16. The van der Waals surface area contributed by atoms with E-state index in [4.69, 9.17) is 4.74 Å². The summed E-state index contributed by atoms with van der Waals surface area (Å²) in [5, 5.41) is 3.69. The number of piperazine rings is 1. The van der Waals surface area contributed by atoms with E-state index in [0.29, 0.717) is 5.88 Å². The Bertz CT molecular complexity index is 461. The first-order valence-corrected chi connectivity index (χ1v) is 7.38. The zero-order chi connectivity index (χ0) is 14.8. The second kappa shape index (κ2) is 5.70. The van der Waals surface area contributed by atoms with E-state index in [0.717, 1.165) is 31.7 Å². The first-order chi connectivity index (χ1) is 9.38. The van der Waals surface area contributed by atoms with Crippen LogP contribution in [0.2, 0.25) is 0 Å². The van der Waals surface area contributed by atoms with Crippen LogP contribution in [0.15, 0.2) is 18.2 Å². The van der Waals surface area contributed by atoms with Gasteiger partial charge in [0.05, 0.1) is 12.8 Å². The predicted molar refractivity (Wildman–Crippen MR) is 82.0 cm³/mol. The molecule has 0 radical (unpaired) electrons. The van der Waals surface area contributed by atoms with Crippen LogP contribution in [0.4, 0.5) is 0 Å². The van der Waals surface area contributed by atoms with Gasteiger partial charge in [0, 0.05) is 36.8 Å². The molecule has 1 fully saturated rings. The normalized spacial score (nSPS) is 26.4. The van der Waals surface area contributed by atoms with Crippen LogP contribution < -0.4 is 10.1 Å². The Morgan fingerprint density at radius 3 is 2.75 bits per heavy atom. The van der Waals surface area contributed by atoms with E-state index in [1.165, 1.54) is 0 Å². The summed E-state index contributed by atoms with van der Waals surface area (Å²) >= 11 is 0. The van der Waals surface area contributed by atoms with Crippen LogP contribution >= 0.6 is 0 Å². The number of rotatable bonds is 4. The molecule has 1 unspecified atom stereocenters. The molecule has 1 N–H and O–H groups in total. The Morgan fingerprint density at radius 1 is 1.35 bits per heavy atom. The third-order valence-electron chi connectivity index (χ3n) is 4.47. The molecule has 0 amide bonds. The van der Waals surface area contributed by atoms with Gasteiger partial charge in [0.25, 0.3) is 0 Å². The van der Waals surface area contributed by atoms with Crippen molar-refractivity contribution in [1.29, 1.82) is 0 Å². The Labute approximate surface area is 122 Å². The molecule has 0 aliphatic carbocycles. The molecule has 0 saturated carbocycles. The zero-order valence-electron chi connectivity index (χ0n) is 13.4. The van der Waals surface area contributed by atoms with Crippen molar-refractivity contribution in [2.24, 2.45) is 0 Å². The molecular weight excluding hydrogens is 250 g/mol. The lowest BCUT2D eigenvalue weighted by Gasteiger charge is -2.50. The third-order valence-corrected chi connectivity index (χ3v) is 4.47. The Kier molecular flexibility index (Phi) is 4.35. The van der Waals surface area contributed by atoms with E-state index < -0.39 is 0 Å². The summed E-state index contributed by atoms with van der Waals surface area (Å²) in [4.78, 5) is 7.06. The molecule has 112 valence electrons. The number of methoxy groups -OCH3 is 1. The first-order valence-electron chi connectivity index (χ1n) is 7.38. The van der Waals surface area contributed by atoms with E-state index in [9.17, 15) is 0 Å². The highest BCUT2D eigenvalue weighted by atomic mass is 16.5. The zero-order valence-corrected chi connectivity index (χ0v) is 13.4. The topological polar surface area (TPSA) is 37.4 Å². The molecule has 2 heterocycles. The molecule has 1 aromatic rings. The smallest absolute Gasteiger partial charge is 0.213 e. The van der Waals surface area contributed by atoms with Crippen molar-refractivity contribution >= 4 is 0 Å².